The first kappa shape index (κ1) is 12.7. The fourth-order valence-corrected chi connectivity index (χ4v) is 2.93. The van der Waals surface area contributed by atoms with Crippen LogP contribution < -0.4 is 5.32 Å². The Morgan fingerprint density at radius 2 is 2.05 bits per heavy atom. The molecule has 2 heterocycles. The second-order valence-electron chi connectivity index (χ2n) is 3.91. The summed E-state index contributed by atoms with van der Waals surface area (Å²) in [5.41, 5.74) is 1.80. The lowest BCUT2D eigenvalue weighted by Gasteiger charge is -2.08. The van der Waals surface area contributed by atoms with Gasteiger partial charge < -0.3 is 5.32 Å². The highest BCUT2D eigenvalue weighted by Gasteiger charge is 2.06. The van der Waals surface area contributed by atoms with Crippen molar-refractivity contribution >= 4 is 51.1 Å². The van der Waals surface area contributed by atoms with Crippen molar-refractivity contribution < 1.29 is 0 Å². The third-order valence-electron chi connectivity index (χ3n) is 2.67. The van der Waals surface area contributed by atoms with Crippen molar-refractivity contribution in [3.63, 3.8) is 0 Å². The highest BCUT2D eigenvalue weighted by molar-refractivity contribution is 7.15. The van der Waals surface area contributed by atoms with Crippen molar-refractivity contribution in [2.75, 3.05) is 5.32 Å². The first-order chi connectivity index (χ1) is 9.24. The zero-order chi connectivity index (χ0) is 13.2. The van der Waals surface area contributed by atoms with E-state index in [4.69, 9.17) is 23.2 Å². The fraction of sp³-hybridized carbons (Fsp3) is 0.0769. The smallest absolute Gasteiger partial charge is 0.113 e. The number of rotatable bonds is 3. The topological polar surface area (TPSA) is 37.8 Å². The van der Waals surface area contributed by atoms with Crippen LogP contribution in [0.5, 0.6) is 0 Å². The lowest BCUT2D eigenvalue weighted by atomic mass is 10.2. The summed E-state index contributed by atoms with van der Waals surface area (Å²) >= 11 is 13.5. The maximum atomic E-state index is 6.15. The molecule has 0 saturated carbocycles. The van der Waals surface area contributed by atoms with Gasteiger partial charge in [0, 0.05) is 11.6 Å². The molecule has 0 spiro atoms. The minimum Gasteiger partial charge on any atom is -0.377 e. The average Bonchev–Trinajstić information content (AvgIpc) is 2.84. The van der Waals surface area contributed by atoms with Crippen molar-refractivity contribution in [3.05, 3.63) is 51.0 Å². The van der Waals surface area contributed by atoms with E-state index in [1.807, 2.05) is 24.3 Å². The van der Waals surface area contributed by atoms with Gasteiger partial charge in [0.25, 0.3) is 0 Å². The predicted molar refractivity (Wildman–Crippen MR) is 81.2 cm³/mol. The fourth-order valence-electron chi connectivity index (χ4n) is 1.82. The van der Waals surface area contributed by atoms with Gasteiger partial charge in [-0.25, -0.2) is 4.98 Å². The van der Waals surface area contributed by atoms with Crippen LogP contribution in [0.1, 0.15) is 5.01 Å². The monoisotopic (exact) mass is 309 g/mol. The number of anilines is 1. The molecule has 3 nitrogen and oxygen atoms in total. The Balaban J connectivity index is 1.91. The molecule has 96 valence electrons. The molecule has 2 aromatic heterocycles. The molecule has 0 aliphatic rings. The van der Waals surface area contributed by atoms with Gasteiger partial charge in [0.05, 0.1) is 29.0 Å². The summed E-state index contributed by atoms with van der Waals surface area (Å²) in [7, 11) is 0. The minimum atomic E-state index is 0.616. The molecule has 0 fully saturated rings. The number of pyridine rings is 1. The summed E-state index contributed by atoms with van der Waals surface area (Å²) in [5.74, 6) is 0. The molecule has 0 bridgehead atoms. The molecule has 0 radical (unpaired) electrons. The van der Waals surface area contributed by atoms with Crippen LogP contribution in [0, 0.1) is 0 Å². The number of thiazole rings is 1. The van der Waals surface area contributed by atoms with Crippen LogP contribution >= 0.6 is 34.5 Å². The van der Waals surface area contributed by atoms with Crippen LogP contribution in [-0.2, 0) is 6.54 Å². The van der Waals surface area contributed by atoms with Gasteiger partial charge in [0.2, 0.25) is 0 Å². The predicted octanol–water partition coefficient (Wildman–Crippen LogP) is 4.61. The standard InChI is InChI=1S/C13H9Cl2N3S/c14-9-3-4-10(13-8(9)2-1-5-16-13)17-7-12-18-6-11(15)19-12/h1-6,17H,7H2. The number of hydrogen-bond donors (Lipinski definition) is 1. The summed E-state index contributed by atoms with van der Waals surface area (Å²) < 4.78 is 0.691. The minimum absolute atomic E-state index is 0.616. The van der Waals surface area contributed by atoms with Crippen LogP contribution in [0.3, 0.4) is 0 Å². The van der Waals surface area contributed by atoms with E-state index in [0.29, 0.717) is 15.9 Å². The summed E-state index contributed by atoms with van der Waals surface area (Å²) in [6.07, 6.45) is 3.41. The maximum absolute atomic E-state index is 6.15. The summed E-state index contributed by atoms with van der Waals surface area (Å²) in [4.78, 5) is 8.58. The van der Waals surface area contributed by atoms with E-state index in [1.165, 1.54) is 11.3 Å². The lowest BCUT2D eigenvalue weighted by molar-refractivity contribution is 1.10. The van der Waals surface area contributed by atoms with Gasteiger partial charge in [0.1, 0.15) is 9.34 Å². The zero-order valence-electron chi connectivity index (χ0n) is 9.73. The molecule has 3 rings (SSSR count). The summed E-state index contributed by atoms with van der Waals surface area (Å²) in [6.45, 7) is 0.616. The average molecular weight is 310 g/mol. The number of halogens is 2. The normalized spacial score (nSPS) is 10.8. The first-order valence-electron chi connectivity index (χ1n) is 5.61. The van der Waals surface area contributed by atoms with Gasteiger partial charge in [-0.2, -0.15) is 0 Å². The van der Waals surface area contributed by atoms with Crippen LogP contribution in [0.2, 0.25) is 9.36 Å². The lowest BCUT2D eigenvalue weighted by Crippen LogP contribution is -2.00. The Morgan fingerprint density at radius 1 is 1.16 bits per heavy atom. The second-order valence-corrected chi connectivity index (χ2v) is 6.06. The number of nitrogens with one attached hydrogen (secondary N) is 1. The van der Waals surface area contributed by atoms with Gasteiger partial charge in [-0.3, -0.25) is 4.98 Å². The van der Waals surface area contributed by atoms with Crippen LogP contribution in [0.25, 0.3) is 10.9 Å². The highest BCUT2D eigenvalue weighted by atomic mass is 35.5. The third-order valence-corrected chi connectivity index (χ3v) is 4.12. The SMILES string of the molecule is Clc1cnc(CNc2ccc(Cl)c3cccnc23)s1. The van der Waals surface area contributed by atoms with Crippen LogP contribution in [0.4, 0.5) is 5.69 Å². The molecular formula is C13H9Cl2N3S. The van der Waals surface area contributed by atoms with E-state index in [9.17, 15) is 0 Å². The third kappa shape index (κ3) is 2.66. The summed E-state index contributed by atoms with van der Waals surface area (Å²) in [5, 5.41) is 5.88. The number of hydrogen-bond acceptors (Lipinski definition) is 4. The van der Waals surface area contributed by atoms with Gasteiger partial charge in [-0.05, 0) is 24.3 Å². The number of fused-ring (bicyclic) bond motifs is 1. The molecule has 0 amide bonds. The van der Waals surface area contributed by atoms with E-state index >= 15 is 0 Å². The number of benzene rings is 1. The highest BCUT2D eigenvalue weighted by Crippen LogP contribution is 2.28. The molecule has 0 saturated heterocycles. The number of aromatic nitrogens is 2. The van der Waals surface area contributed by atoms with E-state index in [-0.39, 0.29) is 0 Å². The molecule has 1 aromatic carbocycles. The molecule has 6 heteroatoms. The number of nitrogens with zero attached hydrogens (tertiary/aromatic N) is 2. The van der Waals surface area contributed by atoms with Gasteiger partial charge in [-0.1, -0.05) is 23.2 Å². The Morgan fingerprint density at radius 3 is 2.84 bits per heavy atom. The second kappa shape index (κ2) is 5.33. The van der Waals surface area contributed by atoms with Crippen LogP contribution in [-0.4, -0.2) is 9.97 Å². The van der Waals surface area contributed by atoms with Crippen molar-refractivity contribution in [2.24, 2.45) is 0 Å². The van der Waals surface area contributed by atoms with Crippen molar-refractivity contribution in [3.8, 4) is 0 Å². The van der Waals surface area contributed by atoms with E-state index in [1.54, 1.807) is 12.4 Å². The molecule has 1 N–H and O–H groups in total. The Kier molecular flexibility index (Phi) is 3.55. The van der Waals surface area contributed by atoms with Gasteiger partial charge in [-0.15, -0.1) is 11.3 Å². The zero-order valence-corrected chi connectivity index (χ0v) is 12.1. The molecule has 0 aliphatic carbocycles. The molecular weight excluding hydrogens is 301 g/mol. The maximum Gasteiger partial charge on any atom is 0.113 e. The summed E-state index contributed by atoms with van der Waals surface area (Å²) in [6, 6.07) is 7.62. The van der Waals surface area contributed by atoms with Gasteiger partial charge in [0.15, 0.2) is 0 Å². The van der Waals surface area contributed by atoms with E-state index in [0.717, 1.165) is 21.6 Å². The van der Waals surface area contributed by atoms with Crippen molar-refractivity contribution in [1.29, 1.82) is 0 Å². The van der Waals surface area contributed by atoms with Crippen molar-refractivity contribution in [1.82, 2.24) is 9.97 Å². The molecule has 19 heavy (non-hydrogen) atoms. The molecule has 0 atom stereocenters. The van der Waals surface area contributed by atoms with E-state index < -0.39 is 0 Å². The molecule has 0 unspecified atom stereocenters. The van der Waals surface area contributed by atoms with Crippen LogP contribution in [0.15, 0.2) is 36.7 Å². The largest absolute Gasteiger partial charge is 0.377 e. The quantitative estimate of drug-likeness (QED) is 0.767. The first-order valence-corrected chi connectivity index (χ1v) is 7.18. The Bertz CT molecular complexity index is 727. The van der Waals surface area contributed by atoms with E-state index in [2.05, 4.69) is 15.3 Å². The van der Waals surface area contributed by atoms with Crippen molar-refractivity contribution in [2.45, 2.75) is 6.54 Å². The molecule has 0 aliphatic heterocycles. The Hall–Kier alpha value is -1.36. The molecule has 3 aromatic rings. The Labute approximate surface area is 124 Å². The van der Waals surface area contributed by atoms with Gasteiger partial charge >= 0.3 is 0 Å².